The largest absolute Gasteiger partial charge is 0.505 e. The van der Waals surface area contributed by atoms with Gasteiger partial charge in [-0.2, -0.15) is 0 Å². The number of hydrogen-bond donors (Lipinski definition) is 1. The second-order valence-electron chi connectivity index (χ2n) is 6.70. The minimum absolute atomic E-state index is 0.0122. The van der Waals surface area contributed by atoms with E-state index in [1.807, 2.05) is 24.3 Å². The molecule has 0 aliphatic rings. The summed E-state index contributed by atoms with van der Waals surface area (Å²) in [4.78, 5) is 10.1. The fraction of sp³-hybridized carbons (Fsp3) is 0.696. The molecule has 1 aromatic rings. The highest BCUT2D eigenvalue weighted by Crippen LogP contribution is 2.15. The first kappa shape index (κ1) is 31.5. The maximum atomic E-state index is 10.1. The Bertz CT molecular complexity index is 604. The molecule has 0 radical (unpaired) electrons. The minimum atomic E-state index is -1.31. The zero-order valence-electron chi connectivity index (χ0n) is 20.0. The molecule has 0 aliphatic carbocycles. The second kappa shape index (κ2) is 24.2. The van der Waals surface area contributed by atoms with E-state index in [1.165, 1.54) is 0 Å². The lowest BCUT2D eigenvalue weighted by Crippen LogP contribution is -2.15. The third-order valence-electron chi connectivity index (χ3n) is 4.00. The molecule has 0 saturated heterocycles. The van der Waals surface area contributed by atoms with Crippen molar-refractivity contribution in [3.05, 3.63) is 28.7 Å². The Balaban J connectivity index is 1.66. The Labute approximate surface area is 214 Å². The summed E-state index contributed by atoms with van der Waals surface area (Å²) >= 11 is 3.38. The molecule has 1 rings (SSSR count). The first-order chi connectivity index (χ1) is 17.2. The molecule has 11 nitrogen and oxygen atoms in total. The van der Waals surface area contributed by atoms with Crippen molar-refractivity contribution in [2.24, 2.45) is 0 Å². The van der Waals surface area contributed by atoms with Gasteiger partial charge in [-0.25, -0.2) is 4.79 Å². The summed E-state index contributed by atoms with van der Waals surface area (Å²) in [6.07, 6.45) is -1.31. The smallest absolute Gasteiger partial charge is 0.491 e. The van der Waals surface area contributed by atoms with Gasteiger partial charge in [0.25, 0.3) is 0 Å². The molecule has 202 valence electrons. The van der Waals surface area contributed by atoms with Gasteiger partial charge in [0.1, 0.15) is 19.0 Å². The lowest BCUT2D eigenvalue weighted by Gasteiger charge is -2.09. The Morgan fingerprint density at radius 2 is 0.857 bits per heavy atom. The first-order valence-corrected chi connectivity index (χ1v) is 12.3. The van der Waals surface area contributed by atoms with E-state index in [4.69, 9.17) is 43.0 Å². The molecule has 0 aromatic heterocycles. The highest BCUT2D eigenvalue weighted by Gasteiger charge is 1.97. The topological polar surface area (TPSA) is 120 Å². The summed E-state index contributed by atoms with van der Waals surface area (Å²) in [6, 6.07) is 7.66. The molecule has 12 heteroatoms. The lowest BCUT2D eigenvalue weighted by molar-refractivity contribution is -0.0228. The SMILES string of the molecule is O=C(O)OCCOCCOCCOCCOCCOCCOCCOCCOc1ccc(Br)cc1. The van der Waals surface area contributed by atoms with Gasteiger partial charge in [-0.1, -0.05) is 15.9 Å². The summed E-state index contributed by atoms with van der Waals surface area (Å²) in [7, 11) is 0. The van der Waals surface area contributed by atoms with E-state index in [1.54, 1.807) is 0 Å². The predicted octanol–water partition coefficient (Wildman–Crippen LogP) is 2.64. The Morgan fingerprint density at radius 3 is 1.20 bits per heavy atom. The molecule has 0 fully saturated rings. The molecule has 1 aromatic carbocycles. The number of halogens is 1. The van der Waals surface area contributed by atoms with Crippen molar-refractivity contribution in [2.45, 2.75) is 0 Å². The zero-order valence-corrected chi connectivity index (χ0v) is 21.6. The van der Waals surface area contributed by atoms with Crippen LogP contribution in [-0.4, -0.2) is 117 Å². The van der Waals surface area contributed by atoms with E-state index in [9.17, 15) is 4.79 Å². The monoisotopic (exact) mass is 568 g/mol. The van der Waals surface area contributed by atoms with Crippen LogP contribution in [0.4, 0.5) is 4.79 Å². The minimum Gasteiger partial charge on any atom is -0.491 e. The average molecular weight is 569 g/mol. The number of benzene rings is 1. The molecular weight excluding hydrogens is 532 g/mol. The van der Waals surface area contributed by atoms with Crippen LogP contribution in [0.1, 0.15) is 0 Å². The molecule has 0 heterocycles. The zero-order chi connectivity index (χ0) is 25.2. The van der Waals surface area contributed by atoms with Crippen LogP contribution in [0.25, 0.3) is 0 Å². The molecule has 0 bridgehead atoms. The van der Waals surface area contributed by atoms with Crippen molar-refractivity contribution in [3.63, 3.8) is 0 Å². The van der Waals surface area contributed by atoms with Gasteiger partial charge in [0, 0.05) is 4.47 Å². The van der Waals surface area contributed by atoms with Crippen molar-refractivity contribution in [2.75, 3.05) is 106 Å². The predicted molar refractivity (Wildman–Crippen MR) is 129 cm³/mol. The van der Waals surface area contributed by atoms with Crippen molar-refractivity contribution in [1.82, 2.24) is 0 Å². The maximum Gasteiger partial charge on any atom is 0.505 e. The van der Waals surface area contributed by atoms with Gasteiger partial charge in [0.15, 0.2) is 0 Å². The van der Waals surface area contributed by atoms with Gasteiger partial charge in [0.2, 0.25) is 0 Å². The number of carboxylic acid groups (broad SMARTS) is 1. The van der Waals surface area contributed by atoms with Crippen LogP contribution in [0.3, 0.4) is 0 Å². The highest BCUT2D eigenvalue weighted by atomic mass is 79.9. The first-order valence-electron chi connectivity index (χ1n) is 11.5. The number of ether oxygens (including phenoxy) is 9. The van der Waals surface area contributed by atoms with Crippen LogP contribution in [0.5, 0.6) is 5.75 Å². The van der Waals surface area contributed by atoms with Crippen LogP contribution in [0.15, 0.2) is 28.7 Å². The van der Waals surface area contributed by atoms with Gasteiger partial charge in [-0.05, 0) is 24.3 Å². The molecule has 0 unspecified atom stereocenters. The van der Waals surface area contributed by atoms with E-state index in [-0.39, 0.29) is 13.2 Å². The highest BCUT2D eigenvalue weighted by molar-refractivity contribution is 9.10. The summed E-state index contributed by atoms with van der Waals surface area (Å²) in [5.41, 5.74) is 0. The third kappa shape index (κ3) is 22.7. The van der Waals surface area contributed by atoms with Gasteiger partial charge in [0.05, 0.1) is 92.5 Å². The Morgan fingerprint density at radius 1 is 0.543 bits per heavy atom. The standard InChI is InChI=1S/C23H37BrO11/c24-21-1-3-22(4-2-21)34-19-17-32-15-13-30-11-9-28-7-5-27-6-8-29-10-12-31-14-16-33-18-20-35-23(25)26/h1-4H,5-20H2,(H,25,26). The molecule has 0 saturated carbocycles. The van der Waals surface area contributed by atoms with E-state index in [2.05, 4.69) is 20.7 Å². The van der Waals surface area contributed by atoms with Gasteiger partial charge >= 0.3 is 6.16 Å². The van der Waals surface area contributed by atoms with Crippen LogP contribution in [-0.2, 0) is 37.9 Å². The number of hydrogen-bond acceptors (Lipinski definition) is 10. The van der Waals surface area contributed by atoms with E-state index >= 15 is 0 Å². The molecule has 0 aliphatic heterocycles. The van der Waals surface area contributed by atoms with Crippen LogP contribution < -0.4 is 4.74 Å². The molecule has 0 amide bonds. The molecule has 1 N–H and O–H groups in total. The van der Waals surface area contributed by atoms with Crippen LogP contribution in [0.2, 0.25) is 0 Å². The number of carbonyl (C=O) groups is 1. The Hall–Kier alpha value is -1.51. The number of rotatable bonds is 25. The van der Waals surface area contributed by atoms with E-state index in [0.717, 1.165) is 10.2 Å². The van der Waals surface area contributed by atoms with Crippen molar-refractivity contribution >= 4 is 22.1 Å². The molecule has 0 atom stereocenters. The van der Waals surface area contributed by atoms with Crippen molar-refractivity contribution < 1.29 is 52.5 Å². The van der Waals surface area contributed by atoms with E-state index < -0.39 is 6.16 Å². The molecular formula is C23H37BrO11. The van der Waals surface area contributed by atoms with E-state index in [0.29, 0.717) is 92.5 Å². The average Bonchev–Trinajstić information content (AvgIpc) is 2.85. The third-order valence-corrected chi connectivity index (χ3v) is 4.52. The summed E-state index contributed by atoms with van der Waals surface area (Å²) in [6.45, 7) is 6.87. The maximum absolute atomic E-state index is 10.1. The lowest BCUT2D eigenvalue weighted by atomic mass is 10.3. The normalized spacial score (nSPS) is 11.0. The van der Waals surface area contributed by atoms with Gasteiger partial charge in [-0.15, -0.1) is 0 Å². The molecule has 0 spiro atoms. The van der Waals surface area contributed by atoms with Crippen molar-refractivity contribution in [3.8, 4) is 5.75 Å². The molecule has 35 heavy (non-hydrogen) atoms. The van der Waals surface area contributed by atoms with Crippen molar-refractivity contribution in [1.29, 1.82) is 0 Å². The van der Waals surface area contributed by atoms with Crippen LogP contribution in [0, 0.1) is 0 Å². The Kier molecular flexibility index (Phi) is 21.8. The van der Waals surface area contributed by atoms with Gasteiger partial charge < -0.3 is 47.7 Å². The second-order valence-corrected chi connectivity index (χ2v) is 7.62. The van der Waals surface area contributed by atoms with Crippen LogP contribution >= 0.6 is 15.9 Å². The fourth-order valence-corrected chi connectivity index (χ4v) is 2.62. The quantitative estimate of drug-likeness (QED) is 0.138. The summed E-state index contributed by atoms with van der Waals surface area (Å²) < 4.78 is 48.4. The fourth-order valence-electron chi connectivity index (χ4n) is 2.36. The summed E-state index contributed by atoms with van der Waals surface area (Å²) in [5, 5.41) is 8.28. The summed E-state index contributed by atoms with van der Waals surface area (Å²) in [5.74, 6) is 0.815. The van der Waals surface area contributed by atoms with Gasteiger partial charge in [-0.3, -0.25) is 0 Å².